The number of carbonyl (C=O) groups excluding carboxylic acids is 1. The molecule has 0 unspecified atom stereocenters. The van der Waals surface area contributed by atoms with E-state index in [9.17, 15) is 9.59 Å². The molecule has 4 N–H and O–H groups in total. The second-order valence-corrected chi connectivity index (χ2v) is 10.1. The van der Waals surface area contributed by atoms with Crippen LogP contribution in [0.1, 0.15) is 57.8 Å². The highest BCUT2D eigenvalue weighted by Gasteiger charge is 2.31. The Labute approximate surface area is 250 Å². The Kier molecular flexibility index (Phi) is 9.25. The van der Waals surface area contributed by atoms with Gasteiger partial charge in [0.1, 0.15) is 11.9 Å². The topological polar surface area (TPSA) is 141 Å². The van der Waals surface area contributed by atoms with Crippen LogP contribution in [-0.4, -0.2) is 37.0 Å². The molecule has 10 nitrogen and oxygen atoms in total. The van der Waals surface area contributed by atoms with E-state index in [1.165, 1.54) is 11.1 Å². The van der Waals surface area contributed by atoms with Gasteiger partial charge in [0.05, 0.1) is 17.3 Å². The van der Waals surface area contributed by atoms with E-state index >= 15 is 0 Å². The number of nitrogens with zero attached hydrogens (tertiary/aromatic N) is 5. The molecule has 1 aliphatic carbocycles. The molecule has 1 atom stereocenters. The van der Waals surface area contributed by atoms with Crippen molar-refractivity contribution in [3.05, 3.63) is 105 Å². The zero-order valence-corrected chi connectivity index (χ0v) is 24.2. The smallest absolute Gasteiger partial charge is 0.294 e. The molecule has 0 saturated heterocycles. The lowest BCUT2D eigenvalue weighted by atomic mass is 9.96. The maximum Gasteiger partial charge on any atom is 0.294 e. The van der Waals surface area contributed by atoms with Gasteiger partial charge in [-0.2, -0.15) is 0 Å². The lowest BCUT2D eigenvalue weighted by Gasteiger charge is -2.20. The van der Waals surface area contributed by atoms with Gasteiger partial charge in [0.2, 0.25) is 5.91 Å². The average molecular weight is 596 g/mol. The van der Waals surface area contributed by atoms with Crippen molar-refractivity contribution >= 4 is 42.4 Å². The first-order valence-corrected chi connectivity index (χ1v) is 13.2. The largest absolute Gasteiger partial charge is 0.384 e. The fraction of sp³-hybridized carbons (Fsp3) is 0.310. The maximum absolute atomic E-state index is 13.6. The van der Waals surface area contributed by atoms with Crippen LogP contribution in [-0.2, 0) is 30.6 Å². The molecule has 5 heterocycles. The zero-order valence-electron chi connectivity index (χ0n) is 22.5. The Bertz CT molecular complexity index is 1580. The van der Waals surface area contributed by atoms with Gasteiger partial charge < -0.3 is 16.4 Å². The van der Waals surface area contributed by atoms with Gasteiger partial charge >= 0.3 is 0 Å². The second-order valence-electron chi connectivity index (χ2n) is 10.1. The predicted molar refractivity (Wildman–Crippen MR) is 162 cm³/mol. The van der Waals surface area contributed by atoms with Crippen molar-refractivity contribution in [3.8, 4) is 0 Å². The molecule has 1 aliphatic heterocycles. The van der Waals surface area contributed by atoms with E-state index in [2.05, 4.69) is 32.7 Å². The predicted octanol–water partition coefficient (Wildman–Crippen LogP) is 3.31. The molecule has 0 saturated carbocycles. The Morgan fingerprint density at radius 3 is 2.34 bits per heavy atom. The summed E-state index contributed by atoms with van der Waals surface area (Å²) in [6, 6.07) is 11.1. The van der Waals surface area contributed by atoms with E-state index in [0.29, 0.717) is 31.7 Å². The molecule has 214 valence electrons. The number of carbonyl (C=O) groups is 1. The Balaban J connectivity index is 0.00000194. The molecule has 2 aliphatic rings. The van der Waals surface area contributed by atoms with Crippen molar-refractivity contribution in [1.82, 2.24) is 29.8 Å². The third-order valence-corrected chi connectivity index (χ3v) is 7.68. The van der Waals surface area contributed by atoms with Crippen molar-refractivity contribution in [2.24, 2.45) is 0 Å². The van der Waals surface area contributed by atoms with E-state index < -0.39 is 6.04 Å². The summed E-state index contributed by atoms with van der Waals surface area (Å²) in [6.07, 6.45) is 8.22. The highest BCUT2D eigenvalue weighted by Crippen LogP contribution is 2.32. The van der Waals surface area contributed by atoms with E-state index in [-0.39, 0.29) is 48.0 Å². The van der Waals surface area contributed by atoms with Crippen LogP contribution < -0.4 is 21.9 Å². The van der Waals surface area contributed by atoms with Gasteiger partial charge in [-0.15, -0.1) is 24.8 Å². The summed E-state index contributed by atoms with van der Waals surface area (Å²) in [5.74, 6) is 0.324. The number of halogens is 2. The molecular formula is C29H32Cl2N8O2. The van der Waals surface area contributed by atoms with Crippen molar-refractivity contribution in [1.29, 1.82) is 0 Å². The molecule has 4 aromatic rings. The highest BCUT2D eigenvalue weighted by atomic mass is 35.5. The normalized spacial score (nSPS) is 15.3. The van der Waals surface area contributed by atoms with Gasteiger partial charge in [0, 0.05) is 43.1 Å². The van der Waals surface area contributed by atoms with Crippen LogP contribution >= 0.6 is 24.8 Å². The maximum atomic E-state index is 13.6. The number of aryl methyl sites for hydroxylation is 4. The minimum absolute atomic E-state index is 0. The first-order valence-electron chi connectivity index (χ1n) is 13.2. The Morgan fingerprint density at radius 1 is 1.00 bits per heavy atom. The molecule has 0 spiro atoms. The molecular weight excluding hydrogens is 563 g/mol. The van der Waals surface area contributed by atoms with E-state index in [0.717, 1.165) is 41.2 Å². The minimum Gasteiger partial charge on any atom is -0.384 e. The fourth-order valence-corrected chi connectivity index (χ4v) is 5.65. The van der Waals surface area contributed by atoms with Gasteiger partial charge in [0.15, 0.2) is 5.82 Å². The van der Waals surface area contributed by atoms with E-state index in [1.807, 2.05) is 25.1 Å². The second kappa shape index (κ2) is 12.7. The standard InChI is InChI=1S/C29H30N8O2.2ClH/c1-17-20(8-11-24(30)36-17)14-35-28(38)23-10-9-21-15-33-27(29(39)37(21)23)34-16-22-25-18(4-2-12-31-25)6-7-19-5-3-13-32-26(19)22;;/h2-5,8,11-13,15,22-23H,6-7,9-10,14,16H2,1H3,(H2,30,36)(H,33,34)(H,35,38);2*1H/t23-;;/m0../s1. The van der Waals surface area contributed by atoms with Crippen LogP contribution in [0.5, 0.6) is 0 Å². The zero-order chi connectivity index (χ0) is 26.9. The molecule has 1 amide bonds. The summed E-state index contributed by atoms with van der Waals surface area (Å²) in [7, 11) is 0. The van der Waals surface area contributed by atoms with Crippen molar-refractivity contribution < 1.29 is 4.79 Å². The summed E-state index contributed by atoms with van der Waals surface area (Å²) >= 11 is 0. The van der Waals surface area contributed by atoms with Gasteiger partial charge in [0.25, 0.3) is 5.56 Å². The molecule has 0 fully saturated rings. The lowest BCUT2D eigenvalue weighted by molar-refractivity contribution is -0.124. The molecule has 0 radical (unpaired) electrons. The van der Waals surface area contributed by atoms with Crippen LogP contribution in [0.2, 0.25) is 0 Å². The summed E-state index contributed by atoms with van der Waals surface area (Å²) in [5, 5.41) is 6.24. The van der Waals surface area contributed by atoms with Crippen LogP contribution in [0.25, 0.3) is 0 Å². The molecule has 0 bridgehead atoms. The van der Waals surface area contributed by atoms with Gasteiger partial charge in [-0.25, -0.2) is 9.97 Å². The minimum atomic E-state index is -0.597. The third-order valence-electron chi connectivity index (χ3n) is 7.68. The molecule has 6 rings (SSSR count). The number of hydrogen-bond donors (Lipinski definition) is 3. The number of amides is 1. The van der Waals surface area contributed by atoms with Crippen molar-refractivity contribution in [2.45, 2.75) is 51.1 Å². The summed E-state index contributed by atoms with van der Waals surface area (Å²) in [6.45, 7) is 2.58. The van der Waals surface area contributed by atoms with Crippen LogP contribution in [0, 0.1) is 6.92 Å². The number of nitrogen functional groups attached to an aromatic ring is 1. The number of pyridine rings is 3. The summed E-state index contributed by atoms with van der Waals surface area (Å²) < 4.78 is 1.57. The number of aromatic nitrogens is 5. The van der Waals surface area contributed by atoms with Gasteiger partial charge in [-0.1, -0.05) is 18.2 Å². The number of anilines is 2. The molecule has 41 heavy (non-hydrogen) atoms. The number of nitrogens with one attached hydrogen (secondary N) is 2. The fourth-order valence-electron chi connectivity index (χ4n) is 5.65. The third kappa shape index (κ3) is 5.89. The summed E-state index contributed by atoms with van der Waals surface area (Å²) in [5.41, 5.74) is 12.1. The number of nitrogens with two attached hydrogens (primary N) is 1. The Morgan fingerprint density at radius 2 is 1.68 bits per heavy atom. The van der Waals surface area contributed by atoms with E-state index in [4.69, 9.17) is 15.7 Å². The first kappa shape index (κ1) is 30.0. The van der Waals surface area contributed by atoms with E-state index in [1.54, 1.807) is 29.2 Å². The number of fused-ring (bicyclic) bond motifs is 3. The lowest BCUT2D eigenvalue weighted by Crippen LogP contribution is -2.36. The monoisotopic (exact) mass is 594 g/mol. The first-order chi connectivity index (χ1) is 19.0. The number of rotatable bonds is 6. The van der Waals surface area contributed by atoms with Crippen molar-refractivity contribution in [3.63, 3.8) is 0 Å². The highest BCUT2D eigenvalue weighted by molar-refractivity contribution is 5.85. The van der Waals surface area contributed by atoms with Crippen LogP contribution in [0.3, 0.4) is 0 Å². The average Bonchev–Trinajstić information content (AvgIpc) is 3.32. The van der Waals surface area contributed by atoms with Gasteiger partial charge in [-0.05, 0) is 67.5 Å². The molecule has 0 aromatic carbocycles. The number of hydrogen-bond acceptors (Lipinski definition) is 8. The molecule has 4 aromatic heterocycles. The quantitative estimate of drug-likeness (QED) is 0.309. The van der Waals surface area contributed by atoms with Crippen LogP contribution in [0.15, 0.2) is 59.8 Å². The summed E-state index contributed by atoms with van der Waals surface area (Å²) in [4.78, 5) is 44.8. The van der Waals surface area contributed by atoms with Crippen LogP contribution in [0.4, 0.5) is 11.6 Å². The molecule has 12 heteroatoms. The van der Waals surface area contributed by atoms with Gasteiger partial charge in [-0.3, -0.25) is 24.1 Å². The van der Waals surface area contributed by atoms with Crippen molar-refractivity contribution in [2.75, 3.05) is 17.6 Å². The Hall–Kier alpha value is -4.02. The SMILES string of the molecule is Cc1nc(N)ccc1CNC(=O)[C@@H]1CCc2cnc(NCC3c4ncccc4CCc4cccnc43)c(=O)n21.Cl.Cl.